The van der Waals surface area contributed by atoms with Crippen LogP contribution >= 0.6 is 22.1 Å². The van der Waals surface area contributed by atoms with Gasteiger partial charge in [0.15, 0.2) is 0 Å². The van der Waals surface area contributed by atoms with E-state index < -0.39 is 23.9 Å². The summed E-state index contributed by atoms with van der Waals surface area (Å²) >= 11 is -1.15. The first kappa shape index (κ1) is 27.2. The summed E-state index contributed by atoms with van der Waals surface area (Å²) < 4.78 is 0. The summed E-state index contributed by atoms with van der Waals surface area (Å²) in [4.78, 5) is 0. The van der Waals surface area contributed by atoms with Gasteiger partial charge in [0.2, 0.25) is 0 Å². The van der Waals surface area contributed by atoms with Crippen molar-refractivity contribution in [3.05, 3.63) is 182 Å². The molecule has 0 saturated heterocycles. The SMILES string of the molecule is [Cl][Co]([PH](c1ccccc1)(c1ccccc1)c1ccccc1)[PH](c1ccccc1)(c1ccccc1)c1ccccc1. The van der Waals surface area contributed by atoms with E-state index in [1.165, 1.54) is 31.8 Å². The van der Waals surface area contributed by atoms with Gasteiger partial charge < -0.3 is 0 Å². The molecule has 4 heteroatoms. The molecule has 0 nitrogen and oxygen atoms in total. The van der Waals surface area contributed by atoms with E-state index in [9.17, 15) is 0 Å². The second-order valence-corrected chi connectivity index (χ2v) is 27.9. The monoisotopic (exact) mass is 620 g/mol. The molecule has 0 radical (unpaired) electrons. The fourth-order valence-electron chi connectivity index (χ4n) is 5.66. The average molecular weight is 621 g/mol. The van der Waals surface area contributed by atoms with Crippen molar-refractivity contribution in [1.82, 2.24) is 0 Å². The number of hydrogen-bond donors (Lipinski definition) is 0. The Morgan fingerprint density at radius 2 is 0.425 bits per heavy atom. The quantitative estimate of drug-likeness (QED) is 0.160. The van der Waals surface area contributed by atoms with Crippen molar-refractivity contribution in [3.8, 4) is 0 Å². The minimum atomic E-state index is -2.82. The molecule has 0 spiro atoms. The molecule has 40 heavy (non-hydrogen) atoms. The van der Waals surface area contributed by atoms with Crippen LogP contribution < -0.4 is 31.8 Å². The Hall–Kier alpha value is -3.02. The molecule has 0 aliphatic heterocycles. The van der Waals surface area contributed by atoms with Crippen molar-refractivity contribution in [2.75, 3.05) is 0 Å². The van der Waals surface area contributed by atoms with Crippen LogP contribution in [0.25, 0.3) is 0 Å². The fraction of sp³-hybridized carbons (Fsp3) is 0. The maximum atomic E-state index is 8.52. The van der Waals surface area contributed by atoms with E-state index in [1.807, 2.05) is 0 Å². The topological polar surface area (TPSA) is 0 Å². The Kier molecular flexibility index (Phi) is 8.31. The third-order valence-corrected chi connectivity index (χ3v) is 35.3. The molecule has 0 fully saturated rings. The summed E-state index contributed by atoms with van der Waals surface area (Å²) in [6.07, 6.45) is 0. The van der Waals surface area contributed by atoms with Gasteiger partial charge in [-0.3, -0.25) is 0 Å². The summed E-state index contributed by atoms with van der Waals surface area (Å²) in [7, 11) is 8.52. The zero-order valence-corrected chi connectivity index (χ0v) is 25.8. The van der Waals surface area contributed by atoms with Crippen LogP contribution in [0.15, 0.2) is 182 Å². The Balaban J connectivity index is 1.81. The van der Waals surface area contributed by atoms with Crippen LogP contribution in [0.3, 0.4) is 0 Å². The zero-order valence-electron chi connectivity index (χ0n) is 22.0. The molecular weight excluding hydrogens is 589 g/mol. The van der Waals surface area contributed by atoms with Gasteiger partial charge in [-0.25, -0.2) is 0 Å². The molecular formula is C36H32ClCoP2. The predicted octanol–water partition coefficient (Wildman–Crippen LogP) is 7.04. The van der Waals surface area contributed by atoms with Gasteiger partial charge in [0.1, 0.15) is 0 Å². The summed E-state index contributed by atoms with van der Waals surface area (Å²) in [5.74, 6) is -5.64. The predicted molar refractivity (Wildman–Crippen MR) is 179 cm³/mol. The molecule has 6 rings (SSSR count). The first-order chi connectivity index (χ1) is 19.8. The van der Waals surface area contributed by atoms with Gasteiger partial charge >= 0.3 is 248 Å². The number of hydrogen-bond acceptors (Lipinski definition) is 0. The molecule has 0 bridgehead atoms. The molecule has 0 N–H and O–H groups in total. The van der Waals surface area contributed by atoms with Gasteiger partial charge in [-0.05, 0) is 0 Å². The third kappa shape index (κ3) is 4.67. The Labute approximate surface area is 246 Å². The fourth-order valence-corrected chi connectivity index (χ4v) is 39.7. The third-order valence-electron chi connectivity index (χ3n) is 7.39. The van der Waals surface area contributed by atoms with Crippen LogP contribution in [-0.4, -0.2) is 0 Å². The van der Waals surface area contributed by atoms with Gasteiger partial charge in [-0.1, -0.05) is 0 Å². The molecule has 202 valence electrons. The van der Waals surface area contributed by atoms with E-state index in [0.29, 0.717) is 0 Å². The molecule has 0 amide bonds. The van der Waals surface area contributed by atoms with E-state index in [-0.39, 0.29) is 0 Å². The molecule has 6 aromatic rings. The van der Waals surface area contributed by atoms with Crippen molar-refractivity contribution in [2.45, 2.75) is 0 Å². The second kappa shape index (κ2) is 12.2. The summed E-state index contributed by atoms with van der Waals surface area (Å²) in [6, 6.07) is 66.7. The van der Waals surface area contributed by atoms with E-state index in [0.717, 1.165) is 0 Å². The standard InChI is InChI=1S/2C18H15P.ClH.Co/c2*1-4-10-16(11-5-1)19(17-12-6-2-7-13-17)18-14-8-3-9-15-18;;/h2*1-15H;1H;/q;;;-1/p+1. The van der Waals surface area contributed by atoms with E-state index >= 15 is 0 Å². The number of rotatable bonds is 8. The molecule has 0 unspecified atom stereocenters. The molecule has 0 aromatic heterocycles. The molecule has 0 atom stereocenters. The Morgan fingerprint density at radius 1 is 0.275 bits per heavy atom. The normalized spacial score (nSPS) is 12.9. The van der Waals surface area contributed by atoms with Crippen molar-refractivity contribution < 1.29 is 11.9 Å². The molecule has 0 aliphatic rings. The van der Waals surface area contributed by atoms with E-state index in [2.05, 4.69) is 182 Å². The van der Waals surface area contributed by atoms with Crippen LogP contribution in [0.4, 0.5) is 0 Å². The van der Waals surface area contributed by atoms with Crippen LogP contribution in [0, 0.1) is 0 Å². The molecule has 6 aromatic carbocycles. The molecule has 0 saturated carbocycles. The zero-order chi connectivity index (χ0) is 27.3. The van der Waals surface area contributed by atoms with E-state index in [4.69, 9.17) is 10.1 Å². The van der Waals surface area contributed by atoms with Gasteiger partial charge in [0, 0.05) is 0 Å². The van der Waals surface area contributed by atoms with Gasteiger partial charge in [0.25, 0.3) is 0 Å². The van der Waals surface area contributed by atoms with Gasteiger partial charge in [-0.15, -0.1) is 0 Å². The van der Waals surface area contributed by atoms with Gasteiger partial charge in [0.05, 0.1) is 0 Å². The summed E-state index contributed by atoms with van der Waals surface area (Å²) in [6.45, 7) is 0. The van der Waals surface area contributed by atoms with Crippen molar-refractivity contribution in [1.29, 1.82) is 0 Å². The second-order valence-electron chi connectivity index (χ2n) is 9.66. The van der Waals surface area contributed by atoms with Crippen LogP contribution in [-0.2, 0) is 11.9 Å². The summed E-state index contributed by atoms with van der Waals surface area (Å²) in [5.41, 5.74) is 0. The van der Waals surface area contributed by atoms with Crippen molar-refractivity contribution in [2.24, 2.45) is 0 Å². The Morgan fingerprint density at radius 3 is 0.575 bits per heavy atom. The van der Waals surface area contributed by atoms with Crippen LogP contribution in [0.2, 0.25) is 0 Å². The maximum absolute atomic E-state index is 8.52. The van der Waals surface area contributed by atoms with Crippen LogP contribution in [0.1, 0.15) is 0 Å². The van der Waals surface area contributed by atoms with Gasteiger partial charge in [-0.2, -0.15) is 0 Å². The summed E-state index contributed by atoms with van der Waals surface area (Å²) in [5, 5.41) is 8.12. The first-order valence-electron chi connectivity index (χ1n) is 13.4. The van der Waals surface area contributed by atoms with Crippen molar-refractivity contribution in [3.63, 3.8) is 0 Å². The molecule has 0 aliphatic carbocycles. The van der Waals surface area contributed by atoms with Crippen LogP contribution in [0.5, 0.6) is 0 Å². The minimum absolute atomic E-state index is 1.15. The number of halogens is 1. The average Bonchev–Trinajstić information content (AvgIpc) is 3.05. The molecule has 0 heterocycles. The number of benzene rings is 6. The first-order valence-corrected chi connectivity index (χ1v) is 21.6. The van der Waals surface area contributed by atoms with E-state index in [1.54, 1.807) is 0 Å². The van der Waals surface area contributed by atoms with Crippen molar-refractivity contribution >= 4 is 54.0 Å². The Bertz CT molecular complexity index is 1310.